The fourth-order valence-electron chi connectivity index (χ4n) is 4.52. The van der Waals surface area contributed by atoms with E-state index < -0.39 is 0 Å². The minimum atomic E-state index is -0.197. The molecule has 10 nitrogen and oxygen atoms in total. The molecule has 4 rings (SSSR count). The van der Waals surface area contributed by atoms with Crippen LogP contribution < -0.4 is 10.6 Å². The number of anilines is 1. The standard InChI is InChI=1S/C26H38N6O4S/c1-2-35-18-25(33)32-10-3-5-21(17-32)26(34)29-16-24-30-22(19-37-24)20-6-7-23(28-15-20)27-8-4-9-31-11-13-36-14-12-31/h6-7,15,19,21H,2-5,8-14,16-18H2,1H3,(H,27,28)(H,29,34)/t21-/m0/s1. The van der Waals surface area contributed by atoms with Crippen LogP contribution in [-0.2, 0) is 25.6 Å². The Kier molecular flexibility index (Phi) is 10.7. The number of morpholine rings is 1. The summed E-state index contributed by atoms with van der Waals surface area (Å²) in [5.74, 6) is 0.578. The zero-order chi connectivity index (χ0) is 25.9. The molecule has 2 aliphatic rings. The van der Waals surface area contributed by atoms with Crippen LogP contribution in [-0.4, -0.2) is 97.3 Å². The first-order chi connectivity index (χ1) is 18.1. The van der Waals surface area contributed by atoms with Gasteiger partial charge in [0.1, 0.15) is 17.4 Å². The predicted octanol–water partition coefficient (Wildman–Crippen LogP) is 2.23. The van der Waals surface area contributed by atoms with Crippen molar-refractivity contribution in [1.82, 2.24) is 25.1 Å². The molecule has 4 heterocycles. The molecule has 2 aromatic rings. The number of amides is 2. The molecule has 37 heavy (non-hydrogen) atoms. The summed E-state index contributed by atoms with van der Waals surface area (Å²) in [7, 11) is 0. The second kappa shape index (κ2) is 14.4. The fraction of sp³-hybridized carbons (Fsp3) is 0.615. The normalized spacial score (nSPS) is 18.5. The molecule has 2 aliphatic heterocycles. The number of ether oxygens (including phenoxy) is 2. The Morgan fingerprint density at radius 3 is 2.89 bits per heavy atom. The van der Waals surface area contributed by atoms with Crippen molar-refractivity contribution < 1.29 is 19.1 Å². The van der Waals surface area contributed by atoms with Gasteiger partial charge in [-0.3, -0.25) is 14.5 Å². The van der Waals surface area contributed by atoms with Gasteiger partial charge in [0.25, 0.3) is 0 Å². The number of carbonyl (C=O) groups excluding carboxylic acids is 2. The molecule has 11 heteroatoms. The molecule has 0 unspecified atom stereocenters. The Morgan fingerprint density at radius 1 is 1.24 bits per heavy atom. The lowest BCUT2D eigenvalue weighted by molar-refractivity contribution is -0.139. The molecule has 0 bridgehead atoms. The molecule has 1 atom stereocenters. The highest BCUT2D eigenvalue weighted by molar-refractivity contribution is 7.09. The van der Waals surface area contributed by atoms with Crippen LogP contribution in [0, 0.1) is 5.92 Å². The lowest BCUT2D eigenvalue weighted by Gasteiger charge is -2.32. The maximum atomic E-state index is 12.7. The molecule has 0 radical (unpaired) electrons. The van der Waals surface area contributed by atoms with Gasteiger partial charge >= 0.3 is 0 Å². The first-order valence-electron chi connectivity index (χ1n) is 13.2. The Balaban J connectivity index is 1.19. The molecule has 0 saturated carbocycles. The van der Waals surface area contributed by atoms with Crippen molar-refractivity contribution in [3.8, 4) is 11.3 Å². The fourth-order valence-corrected chi connectivity index (χ4v) is 5.27. The molecule has 2 N–H and O–H groups in total. The summed E-state index contributed by atoms with van der Waals surface area (Å²) >= 11 is 1.52. The zero-order valence-electron chi connectivity index (χ0n) is 21.6. The third kappa shape index (κ3) is 8.46. The Labute approximate surface area is 222 Å². The van der Waals surface area contributed by atoms with Crippen LogP contribution in [0.2, 0.25) is 0 Å². The number of thiazole rings is 1. The summed E-state index contributed by atoms with van der Waals surface area (Å²) in [5.41, 5.74) is 1.80. The van der Waals surface area contributed by atoms with E-state index in [1.165, 1.54) is 11.3 Å². The first kappa shape index (κ1) is 27.4. The quantitative estimate of drug-likeness (QED) is 0.402. The van der Waals surface area contributed by atoms with Crippen LogP contribution in [0.3, 0.4) is 0 Å². The number of hydrogen-bond acceptors (Lipinski definition) is 9. The smallest absolute Gasteiger partial charge is 0.248 e. The van der Waals surface area contributed by atoms with Gasteiger partial charge in [0.2, 0.25) is 11.8 Å². The summed E-state index contributed by atoms with van der Waals surface area (Å²) in [5, 5.41) is 9.22. The number of pyridine rings is 1. The highest BCUT2D eigenvalue weighted by Gasteiger charge is 2.28. The lowest BCUT2D eigenvalue weighted by atomic mass is 9.97. The third-order valence-corrected chi connectivity index (χ3v) is 7.51. The molecule has 2 aromatic heterocycles. The van der Waals surface area contributed by atoms with Crippen LogP contribution in [0.5, 0.6) is 0 Å². The molecule has 2 saturated heterocycles. The molecule has 0 aliphatic carbocycles. The van der Waals surface area contributed by atoms with Crippen molar-refractivity contribution >= 4 is 29.0 Å². The number of piperidine rings is 1. The molecular formula is C26H38N6O4S. The topological polar surface area (TPSA) is 109 Å². The monoisotopic (exact) mass is 530 g/mol. The summed E-state index contributed by atoms with van der Waals surface area (Å²) in [6, 6.07) is 4.00. The molecule has 2 amide bonds. The number of likely N-dealkylation sites (tertiary alicyclic amines) is 1. The van der Waals surface area contributed by atoms with E-state index in [0.717, 1.165) is 80.7 Å². The number of aromatic nitrogens is 2. The predicted molar refractivity (Wildman–Crippen MR) is 143 cm³/mol. The van der Waals surface area contributed by atoms with Gasteiger partial charge in [0.05, 0.1) is 31.4 Å². The van der Waals surface area contributed by atoms with E-state index in [4.69, 9.17) is 9.47 Å². The van der Waals surface area contributed by atoms with Crippen LogP contribution in [0.1, 0.15) is 31.2 Å². The van der Waals surface area contributed by atoms with Gasteiger partial charge in [-0.25, -0.2) is 9.97 Å². The number of hydrogen-bond donors (Lipinski definition) is 2. The Hall–Kier alpha value is -2.60. The molecular weight excluding hydrogens is 492 g/mol. The summed E-state index contributed by atoms with van der Waals surface area (Å²) in [4.78, 5) is 38.3. The van der Waals surface area contributed by atoms with Crippen molar-refractivity contribution in [2.45, 2.75) is 32.7 Å². The maximum absolute atomic E-state index is 12.7. The number of carbonyl (C=O) groups is 2. The van der Waals surface area contributed by atoms with Crippen LogP contribution in [0.4, 0.5) is 5.82 Å². The third-order valence-electron chi connectivity index (χ3n) is 6.66. The van der Waals surface area contributed by atoms with Crippen molar-refractivity contribution in [2.24, 2.45) is 5.92 Å². The molecule has 202 valence electrons. The van der Waals surface area contributed by atoms with E-state index in [1.807, 2.05) is 30.6 Å². The Morgan fingerprint density at radius 2 is 2.11 bits per heavy atom. The largest absolute Gasteiger partial charge is 0.379 e. The van der Waals surface area contributed by atoms with Gasteiger partial charge in [-0.05, 0) is 44.9 Å². The summed E-state index contributed by atoms with van der Waals surface area (Å²) in [6.07, 6.45) is 4.50. The average molecular weight is 531 g/mol. The average Bonchev–Trinajstić information content (AvgIpc) is 3.43. The highest BCUT2D eigenvalue weighted by Crippen LogP contribution is 2.23. The van der Waals surface area contributed by atoms with Crippen LogP contribution >= 0.6 is 11.3 Å². The van der Waals surface area contributed by atoms with E-state index in [9.17, 15) is 9.59 Å². The van der Waals surface area contributed by atoms with Gasteiger partial charge in [0, 0.05) is 56.5 Å². The minimum absolute atomic E-state index is 0.0311. The molecule has 0 aromatic carbocycles. The van der Waals surface area contributed by atoms with Gasteiger partial charge < -0.3 is 25.0 Å². The molecule has 0 spiro atoms. The zero-order valence-corrected chi connectivity index (χ0v) is 22.4. The van der Waals surface area contributed by atoms with Crippen LogP contribution in [0.25, 0.3) is 11.3 Å². The second-order valence-corrected chi connectivity index (χ2v) is 10.3. The number of nitrogens with one attached hydrogen (secondary N) is 2. The van der Waals surface area contributed by atoms with Crippen molar-refractivity contribution in [2.75, 3.05) is 71.0 Å². The van der Waals surface area contributed by atoms with Crippen LogP contribution in [0.15, 0.2) is 23.7 Å². The van der Waals surface area contributed by atoms with E-state index >= 15 is 0 Å². The minimum Gasteiger partial charge on any atom is -0.379 e. The Bertz CT molecular complexity index is 995. The van der Waals surface area contributed by atoms with Crippen molar-refractivity contribution in [3.05, 3.63) is 28.7 Å². The van der Waals surface area contributed by atoms with Gasteiger partial charge in [-0.1, -0.05) is 0 Å². The second-order valence-electron chi connectivity index (χ2n) is 9.33. The van der Waals surface area contributed by atoms with Gasteiger partial charge in [-0.15, -0.1) is 11.3 Å². The first-order valence-corrected chi connectivity index (χ1v) is 14.1. The summed E-state index contributed by atoms with van der Waals surface area (Å²) < 4.78 is 10.6. The number of rotatable bonds is 12. The highest BCUT2D eigenvalue weighted by atomic mass is 32.1. The van der Waals surface area contributed by atoms with Gasteiger partial charge in [-0.2, -0.15) is 0 Å². The van der Waals surface area contributed by atoms with E-state index in [1.54, 1.807) is 4.90 Å². The van der Waals surface area contributed by atoms with E-state index in [0.29, 0.717) is 26.2 Å². The van der Waals surface area contributed by atoms with Gasteiger partial charge in [0.15, 0.2) is 0 Å². The SMILES string of the molecule is CCOCC(=O)N1CCC[C@H](C(=O)NCc2nc(-c3ccc(NCCCN4CCOCC4)nc3)cs2)C1. The van der Waals surface area contributed by atoms with Crippen molar-refractivity contribution in [1.29, 1.82) is 0 Å². The van der Waals surface area contributed by atoms with Crippen molar-refractivity contribution in [3.63, 3.8) is 0 Å². The number of nitrogens with zero attached hydrogens (tertiary/aromatic N) is 4. The maximum Gasteiger partial charge on any atom is 0.248 e. The summed E-state index contributed by atoms with van der Waals surface area (Å²) in [6.45, 7) is 9.59. The van der Waals surface area contributed by atoms with E-state index in [2.05, 4.69) is 25.5 Å². The molecule has 2 fully saturated rings. The van der Waals surface area contributed by atoms with E-state index in [-0.39, 0.29) is 24.3 Å². The lowest BCUT2D eigenvalue weighted by Crippen LogP contribution is -2.46.